The zero-order valence-electron chi connectivity index (χ0n) is 12.9. The topological polar surface area (TPSA) is 30.3 Å². The molecule has 1 aromatic carbocycles. The molecule has 5 heteroatoms. The summed E-state index contributed by atoms with van der Waals surface area (Å²) in [6.45, 7) is 4.26. The van der Waals surface area contributed by atoms with Crippen LogP contribution in [0.15, 0.2) is 36.7 Å². The number of ether oxygens (including phenoxy) is 1. The molecule has 0 amide bonds. The van der Waals surface area contributed by atoms with E-state index in [-0.39, 0.29) is 5.82 Å². The molecule has 1 aromatic heterocycles. The summed E-state index contributed by atoms with van der Waals surface area (Å²) >= 11 is 0. The monoisotopic (exact) mass is 303 g/mol. The summed E-state index contributed by atoms with van der Waals surface area (Å²) in [7, 11) is 1.93. The number of benzene rings is 1. The second-order valence-corrected chi connectivity index (χ2v) is 6.03. The fraction of sp³-hybridized carbons (Fsp3) is 0.471. The molecule has 1 fully saturated rings. The predicted molar refractivity (Wildman–Crippen MR) is 82.9 cm³/mol. The van der Waals surface area contributed by atoms with Crippen LogP contribution >= 0.6 is 0 Å². The van der Waals surface area contributed by atoms with E-state index in [1.54, 1.807) is 12.1 Å². The lowest BCUT2D eigenvalue weighted by Gasteiger charge is -2.22. The van der Waals surface area contributed by atoms with Crippen LogP contribution in [0.25, 0.3) is 0 Å². The zero-order valence-corrected chi connectivity index (χ0v) is 12.9. The Morgan fingerprint density at radius 3 is 3.05 bits per heavy atom. The van der Waals surface area contributed by atoms with Gasteiger partial charge in [0.2, 0.25) is 0 Å². The minimum atomic E-state index is -0.167. The van der Waals surface area contributed by atoms with Crippen LogP contribution in [0, 0.1) is 11.7 Å². The Hall–Kier alpha value is -1.72. The van der Waals surface area contributed by atoms with E-state index in [0.29, 0.717) is 5.92 Å². The van der Waals surface area contributed by atoms with Gasteiger partial charge in [-0.2, -0.15) is 5.10 Å². The number of aryl methyl sites for hydroxylation is 1. The van der Waals surface area contributed by atoms with E-state index in [2.05, 4.69) is 10.00 Å². The molecule has 1 saturated heterocycles. The Morgan fingerprint density at radius 2 is 2.27 bits per heavy atom. The highest BCUT2D eigenvalue weighted by Gasteiger charge is 2.19. The molecule has 0 saturated carbocycles. The largest absolute Gasteiger partial charge is 0.380 e. The van der Waals surface area contributed by atoms with E-state index in [1.165, 1.54) is 11.6 Å². The normalized spacial score (nSPS) is 20.0. The van der Waals surface area contributed by atoms with E-state index in [9.17, 15) is 4.39 Å². The van der Waals surface area contributed by atoms with Crippen LogP contribution in [0.1, 0.15) is 11.1 Å². The van der Waals surface area contributed by atoms with Crippen molar-refractivity contribution in [3.63, 3.8) is 0 Å². The molecule has 118 valence electrons. The molecule has 22 heavy (non-hydrogen) atoms. The molecule has 0 bridgehead atoms. The third kappa shape index (κ3) is 4.15. The quantitative estimate of drug-likeness (QED) is 0.868. The number of aromatic nitrogens is 2. The Bertz CT molecular complexity index is 613. The van der Waals surface area contributed by atoms with Gasteiger partial charge >= 0.3 is 0 Å². The number of hydrogen-bond donors (Lipinski definition) is 0. The summed E-state index contributed by atoms with van der Waals surface area (Å²) in [4.78, 5) is 2.40. The highest BCUT2D eigenvalue weighted by Crippen LogP contribution is 2.16. The SMILES string of the molecule is Cn1cc(CN2CCOCC(Cc3cccc(F)c3)C2)cn1. The van der Waals surface area contributed by atoms with Gasteiger partial charge in [0.15, 0.2) is 0 Å². The van der Waals surface area contributed by atoms with Crippen molar-refractivity contribution in [3.05, 3.63) is 53.6 Å². The van der Waals surface area contributed by atoms with Gasteiger partial charge in [-0.15, -0.1) is 0 Å². The minimum absolute atomic E-state index is 0.167. The van der Waals surface area contributed by atoms with Crippen molar-refractivity contribution >= 4 is 0 Å². The maximum atomic E-state index is 13.3. The number of rotatable bonds is 4. The van der Waals surface area contributed by atoms with Crippen molar-refractivity contribution in [3.8, 4) is 0 Å². The summed E-state index contributed by atoms with van der Waals surface area (Å²) in [5, 5.41) is 4.22. The van der Waals surface area contributed by atoms with Crippen LogP contribution < -0.4 is 0 Å². The Labute approximate surface area is 130 Å². The molecular weight excluding hydrogens is 281 g/mol. The van der Waals surface area contributed by atoms with Crippen LogP contribution in [0.3, 0.4) is 0 Å². The molecule has 1 unspecified atom stereocenters. The third-order valence-corrected chi connectivity index (χ3v) is 4.00. The first-order chi connectivity index (χ1) is 10.7. The average molecular weight is 303 g/mol. The molecule has 2 heterocycles. The summed E-state index contributed by atoms with van der Waals surface area (Å²) in [5.41, 5.74) is 2.26. The highest BCUT2D eigenvalue weighted by molar-refractivity contribution is 5.17. The van der Waals surface area contributed by atoms with E-state index in [1.807, 2.05) is 30.2 Å². The van der Waals surface area contributed by atoms with Gasteiger partial charge in [-0.25, -0.2) is 4.39 Å². The third-order valence-electron chi connectivity index (χ3n) is 4.00. The van der Waals surface area contributed by atoms with Crippen molar-refractivity contribution in [1.29, 1.82) is 0 Å². The Kier molecular flexibility index (Phi) is 4.85. The molecule has 3 rings (SSSR count). The van der Waals surface area contributed by atoms with Gasteiger partial charge < -0.3 is 4.74 Å². The van der Waals surface area contributed by atoms with Gasteiger partial charge in [0.25, 0.3) is 0 Å². The van der Waals surface area contributed by atoms with Crippen molar-refractivity contribution in [2.75, 3.05) is 26.3 Å². The molecule has 1 aliphatic rings. The summed E-state index contributed by atoms with van der Waals surface area (Å²) in [6.07, 6.45) is 4.81. The number of halogens is 1. The highest BCUT2D eigenvalue weighted by atomic mass is 19.1. The molecular formula is C17H22FN3O. The van der Waals surface area contributed by atoms with E-state index >= 15 is 0 Å². The number of nitrogens with zero attached hydrogens (tertiary/aromatic N) is 3. The van der Waals surface area contributed by atoms with Gasteiger partial charge in [-0.3, -0.25) is 9.58 Å². The van der Waals surface area contributed by atoms with Crippen LogP contribution in [0.5, 0.6) is 0 Å². The lowest BCUT2D eigenvalue weighted by atomic mass is 9.99. The predicted octanol–water partition coefficient (Wildman–Crippen LogP) is 2.25. The molecule has 0 aliphatic carbocycles. The molecule has 0 radical (unpaired) electrons. The van der Waals surface area contributed by atoms with E-state index < -0.39 is 0 Å². The van der Waals surface area contributed by atoms with E-state index in [4.69, 9.17) is 4.74 Å². The zero-order chi connectivity index (χ0) is 15.4. The lowest BCUT2D eigenvalue weighted by molar-refractivity contribution is 0.121. The number of hydrogen-bond acceptors (Lipinski definition) is 3. The van der Waals surface area contributed by atoms with Crippen LogP contribution in [-0.2, 0) is 24.8 Å². The van der Waals surface area contributed by atoms with Crippen LogP contribution in [0.2, 0.25) is 0 Å². The average Bonchev–Trinajstić information content (AvgIpc) is 2.75. The van der Waals surface area contributed by atoms with E-state index in [0.717, 1.165) is 44.8 Å². The molecule has 0 N–H and O–H groups in total. The van der Waals surface area contributed by atoms with Gasteiger partial charge in [-0.05, 0) is 30.0 Å². The molecule has 1 atom stereocenters. The van der Waals surface area contributed by atoms with Gasteiger partial charge in [0, 0.05) is 38.4 Å². The fourth-order valence-corrected chi connectivity index (χ4v) is 3.03. The maximum absolute atomic E-state index is 13.3. The van der Waals surface area contributed by atoms with Crippen molar-refractivity contribution in [2.24, 2.45) is 13.0 Å². The van der Waals surface area contributed by atoms with Crippen molar-refractivity contribution in [1.82, 2.24) is 14.7 Å². The van der Waals surface area contributed by atoms with Gasteiger partial charge in [0.1, 0.15) is 5.82 Å². The van der Waals surface area contributed by atoms with Gasteiger partial charge in [-0.1, -0.05) is 12.1 Å². The Balaban J connectivity index is 1.62. The molecule has 2 aromatic rings. The fourth-order valence-electron chi connectivity index (χ4n) is 3.03. The smallest absolute Gasteiger partial charge is 0.123 e. The molecule has 0 spiro atoms. The first kappa shape index (κ1) is 15.2. The standard InChI is InChI=1S/C17H22FN3O/c1-20-10-16(9-19-20)12-21-5-6-22-13-15(11-21)7-14-3-2-4-17(18)8-14/h2-4,8-10,15H,5-7,11-13H2,1H3. The summed E-state index contributed by atoms with van der Waals surface area (Å²) < 4.78 is 20.9. The van der Waals surface area contributed by atoms with Crippen molar-refractivity contribution < 1.29 is 9.13 Å². The summed E-state index contributed by atoms with van der Waals surface area (Å²) in [6, 6.07) is 6.87. The first-order valence-corrected chi connectivity index (χ1v) is 7.71. The molecule has 4 nitrogen and oxygen atoms in total. The second-order valence-electron chi connectivity index (χ2n) is 6.03. The van der Waals surface area contributed by atoms with Gasteiger partial charge in [0.05, 0.1) is 19.4 Å². The minimum Gasteiger partial charge on any atom is -0.380 e. The first-order valence-electron chi connectivity index (χ1n) is 7.71. The van der Waals surface area contributed by atoms with Crippen LogP contribution in [-0.4, -0.2) is 41.0 Å². The summed E-state index contributed by atoms with van der Waals surface area (Å²) in [5.74, 6) is 0.222. The second kappa shape index (κ2) is 7.03. The molecule has 1 aliphatic heterocycles. The van der Waals surface area contributed by atoms with Crippen molar-refractivity contribution in [2.45, 2.75) is 13.0 Å². The lowest BCUT2D eigenvalue weighted by Crippen LogP contribution is -2.30. The maximum Gasteiger partial charge on any atom is 0.123 e. The van der Waals surface area contributed by atoms with Crippen LogP contribution in [0.4, 0.5) is 4.39 Å². The Morgan fingerprint density at radius 1 is 1.36 bits per heavy atom.